The molecule has 0 N–H and O–H groups in total. The second-order valence-corrected chi connectivity index (χ2v) is 3.02. The van der Waals surface area contributed by atoms with Crippen molar-refractivity contribution in [2.24, 2.45) is 0 Å². The van der Waals surface area contributed by atoms with Gasteiger partial charge < -0.3 is 0 Å². The van der Waals surface area contributed by atoms with Crippen LogP contribution in [0.15, 0.2) is 42.7 Å². The van der Waals surface area contributed by atoms with E-state index >= 15 is 0 Å². The zero-order chi connectivity index (χ0) is 9.97. The lowest BCUT2D eigenvalue weighted by molar-refractivity contribution is 0.0957. The van der Waals surface area contributed by atoms with Crippen molar-refractivity contribution < 1.29 is 4.79 Å². The van der Waals surface area contributed by atoms with E-state index in [0.717, 1.165) is 0 Å². The first kappa shape index (κ1) is 8.69. The summed E-state index contributed by atoms with van der Waals surface area (Å²) in [5.74, 6) is 0.666. The molecule has 0 saturated carbocycles. The average molecular weight is 186 g/mol. The van der Waals surface area contributed by atoms with Crippen molar-refractivity contribution >= 4 is 5.91 Å². The quantitative estimate of drug-likeness (QED) is 0.681. The second-order valence-electron chi connectivity index (χ2n) is 3.02. The molecule has 3 heteroatoms. The number of carbonyl (C=O) groups excluding carboxylic acids is 1. The number of hydrogen-bond acceptors (Lipinski definition) is 2. The Bertz CT molecular complexity index is 445. The summed E-state index contributed by atoms with van der Waals surface area (Å²) in [6, 6.07) is 9.17. The molecule has 0 aliphatic heterocycles. The van der Waals surface area contributed by atoms with E-state index in [9.17, 15) is 4.79 Å². The van der Waals surface area contributed by atoms with Crippen molar-refractivity contribution in [3.8, 4) is 0 Å². The molecule has 3 nitrogen and oxygen atoms in total. The third-order valence-corrected chi connectivity index (χ3v) is 2.07. The van der Waals surface area contributed by atoms with Crippen LogP contribution in [0.2, 0.25) is 0 Å². The Labute approximate surface area is 82.0 Å². The monoisotopic (exact) mass is 186 g/mol. The number of carbonyl (C=O) groups is 1. The first-order valence-electron chi connectivity index (χ1n) is 4.39. The smallest absolute Gasteiger partial charge is 0.263 e. The van der Waals surface area contributed by atoms with Crippen molar-refractivity contribution in [2.45, 2.75) is 6.92 Å². The van der Waals surface area contributed by atoms with Crippen molar-refractivity contribution in [1.29, 1.82) is 0 Å². The highest BCUT2D eigenvalue weighted by molar-refractivity contribution is 5.96. The molecule has 0 spiro atoms. The lowest BCUT2D eigenvalue weighted by Crippen LogP contribution is -2.12. The van der Waals surface area contributed by atoms with Crippen LogP contribution in [0.4, 0.5) is 0 Å². The van der Waals surface area contributed by atoms with Gasteiger partial charge in [-0.3, -0.25) is 9.36 Å². The van der Waals surface area contributed by atoms with Gasteiger partial charge in [0.15, 0.2) is 0 Å². The largest absolute Gasteiger partial charge is 0.270 e. The van der Waals surface area contributed by atoms with Gasteiger partial charge in [-0.25, -0.2) is 4.98 Å². The zero-order valence-electron chi connectivity index (χ0n) is 7.84. The molecule has 1 aromatic heterocycles. The third-order valence-electron chi connectivity index (χ3n) is 2.07. The molecule has 0 aliphatic rings. The molecule has 1 heterocycles. The van der Waals surface area contributed by atoms with Gasteiger partial charge in [-0.2, -0.15) is 0 Å². The fourth-order valence-corrected chi connectivity index (χ4v) is 1.31. The Morgan fingerprint density at radius 1 is 1.29 bits per heavy atom. The highest BCUT2D eigenvalue weighted by atomic mass is 16.2. The third kappa shape index (κ3) is 1.44. The van der Waals surface area contributed by atoms with Gasteiger partial charge in [0.1, 0.15) is 5.82 Å². The Kier molecular flexibility index (Phi) is 2.14. The number of imidazole rings is 1. The number of nitrogens with zero attached hydrogens (tertiary/aromatic N) is 2. The predicted octanol–water partition coefficient (Wildman–Crippen LogP) is 1.88. The van der Waals surface area contributed by atoms with Crippen LogP contribution in [0, 0.1) is 6.92 Å². The van der Waals surface area contributed by atoms with E-state index in [0.29, 0.717) is 11.4 Å². The normalized spacial score (nSPS) is 10.1. The van der Waals surface area contributed by atoms with E-state index in [-0.39, 0.29) is 5.91 Å². The van der Waals surface area contributed by atoms with E-state index in [1.165, 1.54) is 4.57 Å². The van der Waals surface area contributed by atoms with Crippen LogP contribution in [-0.4, -0.2) is 15.5 Å². The number of aryl methyl sites for hydroxylation is 1. The number of hydrogen-bond donors (Lipinski definition) is 0. The highest BCUT2D eigenvalue weighted by Crippen LogP contribution is 2.04. The van der Waals surface area contributed by atoms with Crippen molar-refractivity contribution in [3.05, 3.63) is 54.1 Å². The van der Waals surface area contributed by atoms with Gasteiger partial charge in [-0.15, -0.1) is 0 Å². The summed E-state index contributed by atoms with van der Waals surface area (Å²) < 4.78 is 1.54. The number of benzene rings is 1. The maximum Gasteiger partial charge on any atom is 0.263 e. The molecule has 0 aliphatic carbocycles. The lowest BCUT2D eigenvalue weighted by Gasteiger charge is -2.02. The lowest BCUT2D eigenvalue weighted by atomic mass is 10.2. The van der Waals surface area contributed by atoms with Crippen LogP contribution in [0.3, 0.4) is 0 Å². The molecule has 0 bridgehead atoms. The fraction of sp³-hybridized carbons (Fsp3) is 0.0909. The molecular weight excluding hydrogens is 176 g/mol. The van der Waals surface area contributed by atoms with Crippen LogP contribution in [0.5, 0.6) is 0 Å². The van der Waals surface area contributed by atoms with Gasteiger partial charge in [0.25, 0.3) is 5.91 Å². The molecule has 0 fully saturated rings. The molecule has 70 valence electrons. The Morgan fingerprint density at radius 3 is 2.57 bits per heavy atom. The summed E-state index contributed by atoms with van der Waals surface area (Å²) in [4.78, 5) is 15.9. The number of aromatic nitrogens is 2. The minimum Gasteiger partial charge on any atom is -0.270 e. The minimum atomic E-state index is -0.0411. The van der Waals surface area contributed by atoms with Gasteiger partial charge in [-0.05, 0) is 19.1 Å². The summed E-state index contributed by atoms with van der Waals surface area (Å²) in [5, 5.41) is 0. The van der Waals surface area contributed by atoms with Crippen LogP contribution >= 0.6 is 0 Å². The molecule has 0 amide bonds. The molecule has 1 aromatic carbocycles. The fourth-order valence-electron chi connectivity index (χ4n) is 1.31. The zero-order valence-corrected chi connectivity index (χ0v) is 7.84. The van der Waals surface area contributed by atoms with E-state index in [2.05, 4.69) is 4.98 Å². The van der Waals surface area contributed by atoms with E-state index in [1.54, 1.807) is 31.5 Å². The van der Waals surface area contributed by atoms with Crippen LogP contribution in [0.25, 0.3) is 0 Å². The summed E-state index contributed by atoms with van der Waals surface area (Å²) in [6.45, 7) is 1.81. The maximum atomic E-state index is 11.9. The molecule has 2 rings (SSSR count). The van der Waals surface area contributed by atoms with E-state index in [1.807, 2.05) is 18.2 Å². The van der Waals surface area contributed by atoms with E-state index in [4.69, 9.17) is 0 Å². The Hall–Kier alpha value is -1.90. The average Bonchev–Trinajstić information content (AvgIpc) is 2.65. The van der Waals surface area contributed by atoms with Crippen LogP contribution in [0.1, 0.15) is 16.2 Å². The first-order chi connectivity index (χ1) is 6.79. The van der Waals surface area contributed by atoms with Gasteiger partial charge in [0.05, 0.1) is 0 Å². The van der Waals surface area contributed by atoms with E-state index < -0.39 is 0 Å². The standard InChI is InChI=1S/C11H10N2O/c1-9-12-7-8-13(9)11(14)10-5-3-2-4-6-10/h2-8H,1H3. The topological polar surface area (TPSA) is 34.9 Å². The van der Waals surface area contributed by atoms with Crippen molar-refractivity contribution in [2.75, 3.05) is 0 Å². The van der Waals surface area contributed by atoms with Gasteiger partial charge in [-0.1, -0.05) is 18.2 Å². The van der Waals surface area contributed by atoms with Crippen LogP contribution in [-0.2, 0) is 0 Å². The van der Waals surface area contributed by atoms with Gasteiger partial charge in [0.2, 0.25) is 0 Å². The second kappa shape index (κ2) is 3.46. The minimum absolute atomic E-state index is 0.0411. The molecule has 14 heavy (non-hydrogen) atoms. The predicted molar refractivity (Wildman–Crippen MR) is 53.1 cm³/mol. The van der Waals surface area contributed by atoms with Gasteiger partial charge in [0, 0.05) is 18.0 Å². The summed E-state index contributed by atoms with van der Waals surface area (Å²) in [6.07, 6.45) is 3.29. The highest BCUT2D eigenvalue weighted by Gasteiger charge is 2.08. The Balaban J connectivity index is 2.39. The van der Waals surface area contributed by atoms with Crippen molar-refractivity contribution in [3.63, 3.8) is 0 Å². The first-order valence-corrected chi connectivity index (χ1v) is 4.39. The summed E-state index contributed by atoms with van der Waals surface area (Å²) in [5.41, 5.74) is 0.675. The molecule has 0 atom stereocenters. The molecule has 0 saturated heterocycles. The number of rotatable bonds is 1. The molecule has 2 aromatic rings. The van der Waals surface area contributed by atoms with Crippen LogP contribution < -0.4 is 0 Å². The Morgan fingerprint density at radius 2 is 2.00 bits per heavy atom. The maximum absolute atomic E-state index is 11.9. The van der Waals surface area contributed by atoms with Crippen molar-refractivity contribution in [1.82, 2.24) is 9.55 Å². The SMILES string of the molecule is Cc1nccn1C(=O)c1ccccc1. The molecular formula is C11H10N2O. The summed E-state index contributed by atoms with van der Waals surface area (Å²) >= 11 is 0. The molecule has 0 unspecified atom stereocenters. The summed E-state index contributed by atoms with van der Waals surface area (Å²) in [7, 11) is 0. The van der Waals surface area contributed by atoms with Gasteiger partial charge >= 0.3 is 0 Å². The molecule has 0 radical (unpaired) electrons.